The third-order valence-electron chi connectivity index (χ3n) is 3.13. The van der Waals surface area contributed by atoms with Gasteiger partial charge >= 0.3 is 6.18 Å². The Kier molecular flexibility index (Phi) is 6.16. The van der Waals surface area contributed by atoms with Crippen molar-refractivity contribution < 1.29 is 31.9 Å². The number of nitrogens with one attached hydrogen (secondary N) is 2. The molecule has 0 radical (unpaired) electrons. The molecule has 2 aromatic carbocycles. The molecule has 0 atom stereocenters. The third kappa shape index (κ3) is 6.08. The highest BCUT2D eigenvalue weighted by Gasteiger charge is 2.30. The first-order valence-electron chi connectivity index (χ1n) is 7.36. The van der Waals surface area contributed by atoms with Crippen LogP contribution in [0.2, 0.25) is 0 Å². The van der Waals surface area contributed by atoms with Crippen LogP contribution in [0.1, 0.15) is 5.56 Å². The number of anilines is 1. The van der Waals surface area contributed by atoms with E-state index in [1.807, 2.05) is 0 Å². The lowest BCUT2D eigenvalue weighted by atomic mass is 10.2. The van der Waals surface area contributed by atoms with Crippen molar-refractivity contribution in [3.05, 3.63) is 59.9 Å². The van der Waals surface area contributed by atoms with Gasteiger partial charge in [-0.15, -0.1) is 0 Å². The van der Waals surface area contributed by atoms with Gasteiger partial charge in [0.05, 0.1) is 12.1 Å². The largest absolute Gasteiger partial charge is 0.484 e. The predicted octanol–water partition coefficient (Wildman–Crippen LogP) is 2.98. The van der Waals surface area contributed by atoms with Crippen LogP contribution in [0.5, 0.6) is 5.75 Å². The molecule has 0 heterocycles. The van der Waals surface area contributed by atoms with E-state index in [2.05, 4.69) is 10.6 Å². The van der Waals surface area contributed by atoms with Crippen LogP contribution < -0.4 is 15.4 Å². The molecule has 2 N–H and O–H groups in total. The second-order valence-electron chi connectivity index (χ2n) is 5.14. The number of benzene rings is 2. The van der Waals surface area contributed by atoms with E-state index in [-0.39, 0.29) is 12.3 Å². The minimum Gasteiger partial charge on any atom is -0.484 e. The second kappa shape index (κ2) is 8.32. The minimum absolute atomic E-state index is 0.0870. The number of hydrogen-bond acceptors (Lipinski definition) is 3. The van der Waals surface area contributed by atoms with E-state index < -0.39 is 36.0 Å². The van der Waals surface area contributed by atoms with Gasteiger partial charge in [0.1, 0.15) is 11.6 Å². The number of hydrogen-bond donors (Lipinski definition) is 2. The molecule has 0 saturated heterocycles. The van der Waals surface area contributed by atoms with Crippen molar-refractivity contribution in [3.63, 3.8) is 0 Å². The Labute approximate surface area is 146 Å². The molecule has 0 aliphatic rings. The van der Waals surface area contributed by atoms with Crippen LogP contribution in [0.3, 0.4) is 0 Å². The van der Waals surface area contributed by atoms with Crippen LogP contribution in [0, 0.1) is 5.82 Å². The lowest BCUT2D eigenvalue weighted by Crippen LogP contribution is -2.35. The molecule has 2 rings (SSSR count). The van der Waals surface area contributed by atoms with Gasteiger partial charge in [0.2, 0.25) is 5.91 Å². The lowest BCUT2D eigenvalue weighted by Gasteiger charge is -2.10. The van der Waals surface area contributed by atoms with Crippen LogP contribution >= 0.6 is 0 Å². The topological polar surface area (TPSA) is 67.4 Å². The number of carbonyl (C=O) groups excluding carboxylic acids is 2. The highest BCUT2D eigenvalue weighted by Crippen LogP contribution is 2.30. The summed E-state index contributed by atoms with van der Waals surface area (Å²) in [7, 11) is 0. The van der Waals surface area contributed by atoms with Gasteiger partial charge in [0.25, 0.3) is 5.91 Å². The van der Waals surface area contributed by atoms with E-state index in [0.717, 1.165) is 24.3 Å². The normalized spacial score (nSPS) is 10.9. The summed E-state index contributed by atoms with van der Waals surface area (Å²) in [5, 5.41) is 4.74. The van der Waals surface area contributed by atoms with Crippen LogP contribution in [-0.4, -0.2) is 25.0 Å². The van der Waals surface area contributed by atoms with Crippen LogP contribution in [0.25, 0.3) is 0 Å². The van der Waals surface area contributed by atoms with Crippen molar-refractivity contribution in [2.24, 2.45) is 0 Å². The number of carbonyl (C=O) groups is 2. The van der Waals surface area contributed by atoms with Gasteiger partial charge in [-0.25, -0.2) is 4.39 Å². The molecule has 2 amide bonds. The Morgan fingerprint density at radius 2 is 1.54 bits per heavy atom. The van der Waals surface area contributed by atoms with E-state index in [1.165, 1.54) is 24.3 Å². The molecular weight excluding hydrogens is 356 g/mol. The van der Waals surface area contributed by atoms with E-state index in [4.69, 9.17) is 4.74 Å². The maximum absolute atomic E-state index is 12.7. The van der Waals surface area contributed by atoms with Gasteiger partial charge in [-0.2, -0.15) is 13.2 Å². The average molecular weight is 370 g/mol. The van der Waals surface area contributed by atoms with Gasteiger partial charge in [-0.05, 0) is 48.5 Å². The highest BCUT2D eigenvalue weighted by molar-refractivity contribution is 5.94. The monoisotopic (exact) mass is 370 g/mol. The molecule has 26 heavy (non-hydrogen) atoms. The zero-order valence-corrected chi connectivity index (χ0v) is 13.3. The quantitative estimate of drug-likeness (QED) is 0.769. The first-order chi connectivity index (χ1) is 12.2. The number of halogens is 4. The van der Waals surface area contributed by atoms with E-state index in [1.54, 1.807) is 0 Å². The zero-order valence-electron chi connectivity index (χ0n) is 13.3. The summed E-state index contributed by atoms with van der Waals surface area (Å²) in [4.78, 5) is 23.2. The van der Waals surface area contributed by atoms with Crippen LogP contribution in [0.15, 0.2) is 48.5 Å². The molecule has 5 nitrogen and oxygen atoms in total. The van der Waals surface area contributed by atoms with E-state index in [0.29, 0.717) is 5.69 Å². The summed E-state index contributed by atoms with van der Waals surface area (Å²) in [5.41, 5.74) is -0.460. The number of amides is 2. The predicted molar refractivity (Wildman–Crippen MR) is 85.0 cm³/mol. The van der Waals surface area contributed by atoms with Crippen molar-refractivity contribution >= 4 is 17.5 Å². The molecule has 0 saturated carbocycles. The first-order valence-corrected chi connectivity index (χ1v) is 7.36. The average Bonchev–Trinajstić information content (AvgIpc) is 2.60. The SMILES string of the molecule is O=C(COc1ccc(C(F)(F)F)cc1)NCC(=O)Nc1ccc(F)cc1. The highest BCUT2D eigenvalue weighted by atomic mass is 19.4. The minimum atomic E-state index is -4.45. The maximum Gasteiger partial charge on any atom is 0.416 e. The molecule has 0 aromatic heterocycles. The van der Waals surface area contributed by atoms with Gasteiger partial charge in [-0.1, -0.05) is 0 Å². The molecule has 0 aliphatic heterocycles. The van der Waals surface area contributed by atoms with Crippen molar-refractivity contribution in [1.82, 2.24) is 5.32 Å². The first kappa shape index (κ1) is 19.2. The molecule has 0 fully saturated rings. The molecule has 0 unspecified atom stereocenters. The van der Waals surface area contributed by atoms with Gasteiger partial charge in [0, 0.05) is 5.69 Å². The molecule has 0 bridgehead atoms. The van der Waals surface area contributed by atoms with Gasteiger partial charge in [0.15, 0.2) is 6.61 Å². The molecule has 9 heteroatoms. The van der Waals surface area contributed by atoms with Crippen molar-refractivity contribution in [2.75, 3.05) is 18.5 Å². The maximum atomic E-state index is 12.7. The molecule has 0 aliphatic carbocycles. The Morgan fingerprint density at radius 3 is 2.12 bits per heavy atom. The lowest BCUT2D eigenvalue weighted by molar-refractivity contribution is -0.137. The fraction of sp³-hybridized carbons (Fsp3) is 0.176. The van der Waals surface area contributed by atoms with Gasteiger partial charge in [-0.3, -0.25) is 9.59 Å². The zero-order chi connectivity index (χ0) is 19.2. The molecule has 0 spiro atoms. The van der Waals surface area contributed by atoms with Crippen molar-refractivity contribution in [1.29, 1.82) is 0 Å². The summed E-state index contributed by atoms with van der Waals surface area (Å²) < 4.78 is 55.1. The third-order valence-corrected chi connectivity index (χ3v) is 3.13. The molecule has 2 aromatic rings. The summed E-state index contributed by atoms with van der Waals surface area (Å²) >= 11 is 0. The molecule has 138 valence electrons. The number of ether oxygens (including phenoxy) is 1. The summed E-state index contributed by atoms with van der Waals surface area (Å²) in [6, 6.07) is 8.94. The van der Waals surface area contributed by atoms with Crippen LogP contribution in [-0.2, 0) is 15.8 Å². The number of rotatable bonds is 6. The Hall–Kier alpha value is -3.10. The Morgan fingerprint density at radius 1 is 0.923 bits per heavy atom. The fourth-order valence-corrected chi connectivity index (χ4v) is 1.86. The standard InChI is InChI=1S/C17H14F4N2O3/c18-12-3-5-13(6-4-12)23-15(24)9-22-16(25)10-26-14-7-1-11(2-8-14)17(19,20)21/h1-8H,9-10H2,(H,22,25)(H,23,24). The molecular formula is C17H14F4N2O3. The van der Waals surface area contributed by atoms with Crippen molar-refractivity contribution in [3.8, 4) is 5.75 Å². The smallest absolute Gasteiger partial charge is 0.416 e. The van der Waals surface area contributed by atoms with Crippen molar-refractivity contribution in [2.45, 2.75) is 6.18 Å². The number of alkyl halides is 3. The van der Waals surface area contributed by atoms with Crippen LogP contribution in [0.4, 0.5) is 23.2 Å². The summed E-state index contributed by atoms with van der Waals surface area (Å²) in [6.07, 6.45) is -4.45. The van der Waals surface area contributed by atoms with Gasteiger partial charge < -0.3 is 15.4 Å². The summed E-state index contributed by atoms with van der Waals surface area (Å²) in [5.74, 6) is -1.51. The second-order valence-corrected chi connectivity index (χ2v) is 5.14. The summed E-state index contributed by atoms with van der Waals surface area (Å²) in [6.45, 7) is -0.804. The fourth-order valence-electron chi connectivity index (χ4n) is 1.86. The van der Waals surface area contributed by atoms with E-state index >= 15 is 0 Å². The Bertz CT molecular complexity index is 759. The Balaban J connectivity index is 1.73. The van der Waals surface area contributed by atoms with E-state index in [9.17, 15) is 27.2 Å².